The Labute approximate surface area is 95.6 Å². The first-order valence-corrected chi connectivity index (χ1v) is 6.51. The molecule has 15 heavy (non-hydrogen) atoms. The van der Waals surface area contributed by atoms with Crippen LogP contribution >= 0.6 is 11.3 Å². The molecule has 0 saturated carbocycles. The summed E-state index contributed by atoms with van der Waals surface area (Å²) in [5.41, 5.74) is 0. The minimum absolute atomic E-state index is 0.564. The Bertz CT molecular complexity index is 271. The van der Waals surface area contributed by atoms with Crippen molar-refractivity contribution in [3.8, 4) is 0 Å². The Kier molecular flexibility index (Phi) is 4.18. The van der Waals surface area contributed by atoms with Crippen LogP contribution in [0.1, 0.15) is 17.7 Å². The van der Waals surface area contributed by atoms with Crippen molar-refractivity contribution < 1.29 is 4.74 Å². The molecule has 2 rings (SSSR count). The van der Waals surface area contributed by atoms with Gasteiger partial charge in [0.2, 0.25) is 0 Å². The zero-order valence-corrected chi connectivity index (χ0v) is 10.1. The predicted molar refractivity (Wildman–Crippen MR) is 64.4 cm³/mol. The third-order valence-corrected chi connectivity index (χ3v) is 3.94. The molecule has 0 aliphatic carbocycles. The molecule has 1 aromatic rings. The van der Waals surface area contributed by atoms with Gasteiger partial charge in [-0.25, -0.2) is 0 Å². The van der Waals surface area contributed by atoms with E-state index in [1.54, 1.807) is 7.11 Å². The largest absolute Gasteiger partial charge is 0.383 e. The minimum atomic E-state index is 0.564. The van der Waals surface area contributed by atoms with Crippen LogP contribution in [0.3, 0.4) is 0 Å². The second-order valence-corrected chi connectivity index (χ2v) is 5.31. The summed E-state index contributed by atoms with van der Waals surface area (Å²) in [6, 6.07) is 4.96. The van der Waals surface area contributed by atoms with Crippen LogP contribution in [0.15, 0.2) is 17.5 Å². The molecule has 3 heteroatoms. The molecular weight excluding hydrogens is 206 g/mol. The van der Waals surface area contributed by atoms with Gasteiger partial charge in [0.15, 0.2) is 0 Å². The number of rotatable bonds is 4. The summed E-state index contributed by atoms with van der Waals surface area (Å²) in [6.07, 6.45) is 3.81. The third kappa shape index (κ3) is 3.30. The van der Waals surface area contributed by atoms with Gasteiger partial charge in [-0.15, -0.1) is 11.3 Å². The van der Waals surface area contributed by atoms with Gasteiger partial charge in [0, 0.05) is 18.0 Å². The lowest BCUT2D eigenvalue weighted by atomic mass is 9.89. The van der Waals surface area contributed by atoms with E-state index in [1.807, 2.05) is 11.3 Å². The Hall–Kier alpha value is -0.380. The summed E-state index contributed by atoms with van der Waals surface area (Å²) in [4.78, 5) is 1.53. The number of hydrogen-bond acceptors (Lipinski definition) is 3. The standard InChI is InChI=1S/C12H19NOS/c1-14-9-11-7-10(4-5-13-11)8-12-3-2-6-15-12/h2-3,6,10-11,13H,4-5,7-9H2,1H3. The van der Waals surface area contributed by atoms with E-state index in [2.05, 4.69) is 22.8 Å². The summed E-state index contributed by atoms with van der Waals surface area (Å²) in [6.45, 7) is 1.99. The highest BCUT2D eigenvalue weighted by Gasteiger charge is 2.21. The quantitative estimate of drug-likeness (QED) is 0.849. The minimum Gasteiger partial charge on any atom is -0.383 e. The smallest absolute Gasteiger partial charge is 0.0615 e. The Balaban J connectivity index is 1.82. The van der Waals surface area contributed by atoms with Gasteiger partial charge in [-0.05, 0) is 43.2 Å². The molecule has 0 radical (unpaired) electrons. The molecule has 1 aliphatic rings. The van der Waals surface area contributed by atoms with E-state index in [4.69, 9.17) is 4.74 Å². The maximum Gasteiger partial charge on any atom is 0.0615 e. The van der Waals surface area contributed by atoms with Crippen molar-refractivity contribution in [1.82, 2.24) is 5.32 Å². The van der Waals surface area contributed by atoms with Gasteiger partial charge in [0.05, 0.1) is 6.61 Å². The first kappa shape index (κ1) is 11.1. The number of ether oxygens (including phenoxy) is 1. The van der Waals surface area contributed by atoms with E-state index in [9.17, 15) is 0 Å². The summed E-state index contributed by atoms with van der Waals surface area (Å²) < 4.78 is 5.20. The average molecular weight is 225 g/mol. The second kappa shape index (κ2) is 5.64. The van der Waals surface area contributed by atoms with Crippen molar-refractivity contribution >= 4 is 11.3 Å². The van der Waals surface area contributed by atoms with Crippen molar-refractivity contribution in [1.29, 1.82) is 0 Å². The molecule has 2 heterocycles. The van der Waals surface area contributed by atoms with Crippen LogP contribution in [-0.4, -0.2) is 26.3 Å². The van der Waals surface area contributed by atoms with E-state index < -0.39 is 0 Å². The maximum atomic E-state index is 5.20. The second-order valence-electron chi connectivity index (χ2n) is 4.28. The van der Waals surface area contributed by atoms with Gasteiger partial charge in [-0.2, -0.15) is 0 Å². The van der Waals surface area contributed by atoms with Gasteiger partial charge >= 0.3 is 0 Å². The molecule has 2 unspecified atom stereocenters. The summed E-state index contributed by atoms with van der Waals surface area (Å²) in [5.74, 6) is 0.838. The van der Waals surface area contributed by atoms with E-state index in [-0.39, 0.29) is 0 Å². The lowest BCUT2D eigenvalue weighted by Crippen LogP contribution is -2.41. The highest BCUT2D eigenvalue weighted by molar-refractivity contribution is 7.09. The van der Waals surface area contributed by atoms with Crippen LogP contribution in [0.25, 0.3) is 0 Å². The fourth-order valence-corrected chi connectivity index (χ4v) is 3.14. The zero-order chi connectivity index (χ0) is 10.5. The van der Waals surface area contributed by atoms with E-state index >= 15 is 0 Å². The first-order valence-electron chi connectivity index (χ1n) is 5.63. The molecule has 1 aliphatic heterocycles. The van der Waals surface area contributed by atoms with Crippen molar-refractivity contribution in [2.24, 2.45) is 5.92 Å². The monoisotopic (exact) mass is 225 g/mol. The van der Waals surface area contributed by atoms with Crippen LogP contribution in [0.2, 0.25) is 0 Å². The van der Waals surface area contributed by atoms with Crippen molar-refractivity contribution in [2.75, 3.05) is 20.3 Å². The predicted octanol–water partition coefficient (Wildman–Crippen LogP) is 2.31. The van der Waals surface area contributed by atoms with Gasteiger partial charge in [-0.3, -0.25) is 0 Å². The zero-order valence-electron chi connectivity index (χ0n) is 9.24. The summed E-state index contributed by atoms with van der Waals surface area (Å²) in [7, 11) is 1.78. The number of methoxy groups -OCH3 is 1. The third-order valence-electron chi connectivity index (χ3n) is 3.04. The molecule has 1 fully saturated rings. The average Bonchev–Trinajstić information content (AvgIpc) is 2.71. The van der Waals surface area contributed by atoms with E-state index in [0.29, 0.717) is 6.04 Å². The summed E-state index contributed by atoms with van der Waals surface area (Å²) in [5, 5.41) is 5.68. The Morgan fingerprint density at radius 1 is 1.60 bits per heavy atom. The fraction of sp³-hybridized carbons (Fsp3) is 0.667. The Morgan fingerprint density at radius 2 is 2.53 bits per heavy atom. The molecule has 0 amide bonds. The molecule has 84 valence electrons. The van der Waals surface area contributed by atoms with Crippen molar-refractivity contribution in [2.45, 2.75) is 25.3 Å². The molecule has 0 spiro atoms. The number of hydrogen-bond donors (Lipinski definition) is 1. The van der Waals surface area contributed by atoms with Gasteiger partial charge in [0.25, 0.3) is 0 Å². The van der Waals surface area contributed by atoms with Crippen LogP contribution < -0.4 is 5.32 Å². The van der Waals surface area contributed by atoms with E-state index in [0.717, 1.165) is 19.1 Å². The molecule has 0 aromatic carbocycles. The molecule has 1 saturated heterocycles. The van der Waals surface area contributed by atoms with Crippen LogP contribution in [0, 0.1) is 5.92 Å². The number of piperidine rings is 1. The molecule has 1 aromatic heterocycles. The van der Waals surface area contributed by atoms with Crippen molar-refractivity contribution in [3.05, 3.63) is 22.4 Å². The van der Waals surface area contributed by atoms with E-state index in [1.165, 1.54) is 24.1 Å². The lowest BCUT2D eigenvalue weighted by Gasteiger charge is -2.29. The topological polar surface area (TPSA) is 21.3 Å². The Morgan fingerprint density at radius 3 is 3.27 bits per heavy atom. The highest BCUT2D eigenvalue weighted by atomic mass is 32.1. The summed E-state index contributed by atoms with van der Waals surface area (Å²) >= 11 is 1.88. The SMILES string of the molecule is COCC1CC(Cc2cccs2)CCN1. The van der Waals surface area contributed by atoms with Crippen molar-refractivity contribution in [3.63, 3.8) is 0 Å². The molecular formula is C12H19NOS. The molecule has 2 atom stereocenters. The molecule has 2 nitrogen and oxygen atoms in total. The van der Waals surface area contributed by atoms with Gasteiger partial charge in [-0.1, -0.05) is 6.07 Å². The number of thiophene rings is 1. The van der Waals surface area contributed by atoms with Gasteiger partial charge < -0.3 is 10.1 Å². The highest BCUT2D eigenvalue weighted by Crippen LogP contribution is 2.23. The number of nitrogens with one attached hydrogen (secondary N) is 1. The van der Waals surface area contributed by atoms with Crippen LogP contribution in [0.4, 0.5) is 0 Å². The van der Waals surface area contributed by atoms with Gasteiger partial charge in [0.1, 0.15) is 0 Å². The lowest BCUT2D eigenvalue weighted by molar-refractivity contribution is 0.139. The van der Waals surface area contributed by atoms with Crippen LogP contribution in [0.5, 0.6) is 0 Å². The fourth-order valence-electron chi connectivity index (χ4n) is 2.32. The normalized spacial score (nSPS) is 26.7. The first-order chi connectivity index (χ1) is 7.38. The molecule has 0 bridgehead atoms. The maximum absolute atomic E-state index is 5.20. The van der Waals surface area contributed by atoms with Crippen LogP contribution in [-0.2, 0) is 11.2 Å². The molecule has 1 N–H and O–H groups in total.